The topological polar surface area (TPSA) is 37.9 Å². The van der Waals surface area contributed by atoms with E-state index in [0.717, 1.165) is 22.5 Å². The number of pyridine rings is 1. The molecule has 24 heavy (non-hydrogen) atoms. The first-order valence-corrected chi connectivity index (χ1v) is 8.18. The molecule has 3 nitrogen and oxygen atoms in total. The van der Waals surface area contributed by atoms with Crippen molar-refractivity contribution in [3.05, 3.63) is 71.5 Å². The largest absolute Gasteiger partial charge is 0.497 e. The van der Waals surface area contributed by atoms with E-state index in [2.05, 4.69) is 60.3 Å². The highest BCUT2D eigenvalue weighted by Crippen LogP contribution is 2.35. The lowest BCUT2D eigenvalue weighted by Crippen LogP contribution is -1.99. The fourth-order valence-corrected chi connectivity index (χ4v) is 3.48. The Morgan fingerprint density at radius 2 is 1.83 bits per heavy atom. The number of benzene rings is 2. The summed E-state index contributed by atoms with van der Waals surface area (Å²) < 4.78 is 5.32. The van der Waals surface area contributed by atoms with Crippen LogP contribution in [0.1, 0.15) is 29.7 Å². The molecular formula is C21H20N2O. The van der Waals surface area contributed by atoms with Gasteiger partial charge in [0.2, 0.25) is 0 Å². The highest BCUT2D eigenvalue weighted by molar-refractivity contribution is 5.88. The summed E-state index contributed by atoms with van der Waals surface area (Å²) >= 11 is 0. The fraction of sp³-hybridized carbons (Fsp3) is 0.190. The van der Waals surface area contributed by atoms with Crippen molar-refractivity contribution in [1.82, 2.24) is 9.97 Å². The Hall–Kier alpha value is -2.81. The van der Waals surface area contributed by atoms with Gasteiger partial charge in [-0.2, -0.15) is 0 Å². The monoisotopic (exact) mass is 316 g/mol. The number of aromatic nitrogens is 2. The van der Waals surface area contributed by atoms with Gasteiger partial charge < -0.3 is 9.72 Å². The van der Waals surface area contributed by atoms with Crippen molar-refractivity contribution in [2.24, 2.45) is 0 Å². The van der Waals surface area contributed by atoms with E-state index in [1.165, 1.54) is 21.9 Å². The Kier molecular flexibility index (Phi) is 3.49. The van der Waals surface area contributed by atoms with Gasteiger partial charge in [0.05, 0.1) is 12.6 Å². The number of nitrogens with one attached hydrogen (secondary N) is 1. The molecule has 1 unspecified atom stereocenters. The SMILES string of the molecule is COc1ccc2c(C(C)c3cc(C)nc4ccccc34)c[nH]c2c1. The maximum atomic E-state index is 5.32. The first kappa shape index (κ1) is 14.8. The lowest BCUT2D eigenvalue weighted by molar-refractivity contribution is 0.415. The van der Waals surface area contributed by atoms with E-state index < -0.39 is 0 Å². The number of aryl methyl sites for hydroxylation is 1. The minimum Gasteiger partial charge on any atom is -0.497 e. The smallest absolute Gasteiger partial charge is 0.120 e. The number of rotatable bonds is 3. The molecule has 2 aromatic carbocycles. The normalized spacial score (nSPS) is 12.6. The third kappa shape index (κ3) is 2.33. The van der Waals surface area contributed by atoms with Crippen LogP contribution in [0.2, 0.25) is 0 Å². The summed E-state index contributed by atoms with van der Waals surface area (Å²) in [4.78, 5) is 8.04. The van der Waals surface area contributed by atoms with Gasteiger partial charge in [-0.05, 0) is 42.3 Å². The quantitative estimate of drug-likeness (QED) is 0.565. The lowest BCUT2D eigenvalue weighted by atomic mass is 9.90. The number of fused-ring (bicyclic) bond motifs is 2. The summed E-state index contributed by atoms with van der Waals surface area (Å²) in [7, 11) is 1.69. The van der Waals surface area contributed by atoms with Crippen LogP contribution in [0.15, 0.2) is 54.7 Å². The van der Waals surface area contributed by atoms with Crippen LogP contribution in [-0.4, -0.2) is 17.1 Å². The Balaban J connectivity index is 1.89. The molecule has 0 aliphatic carbocycles. The molecule has 0 saturated heterocycles. The molecule has 0 aliphatic rings. The summed E-state index contributed by atoms with van der Waals surface area (Å²) in [6.07, 6.45) is 2.11. The van der Waals surface area contributed by atoms with E-state index in [9.17, 15) is 0 Å². The first-order valence-electron chi connectivity index (χ1n) is 8.18. The second-order valence-electron chi connectivity index (χ2n) is 6.25. The molecule has 4 rings (SSSR count). The Bertz CT molecular complexity index is 1030. The van der Waals surface area contributed by atoms with Gasteiger partial charge in [0.25, 0.3) is 0 Å². The van der Waals surface area contributed by atoms with Crippen molar-refractivity contribution in [1.29, 1.82) is 0 Å². The zero-order valence-corrected chi connectivity index (χ0v) is 14.1. The predicted octanol–water partition coefficient (Wildman–Crippen LogP) is 5.18. The molecule has 0 radical (unpaired) electrons. The molecule has 0 bridgehead atoms. The highest BCUT2D eigenvalue weighted by atomic mass is 16.5. The van der Waals surface area contributed by atoms with Crippen LogP contribution in [0.3, 0.4) is 0 Å². The minimum atomic E-state index is 0.277. The van der Waals surface area contributed by atoms with E-state index in [-0.39, 0.29) is 5.92 Å². The molecule has 0 saturated carbocycles. The second kappa shape index (κ2) is 5.68. The van der Waals surface area contributed by atoms with Crippen molar-refractivity contribution in [3.63, 3.8) is 0 Å². The number of hydrogen-bond donors (Lipinski definition) is 1. The number of hydrogen-bond acceptors (Lipinski definition) is 2. The van der Waals surface area contributed by atoms with E-state index >= 15 is 0 Å². The van der Waals surface area contributed by atoms with Crippen LogP contribution < -0.4 is 4.74 Å². The average molecular weight is 316 g/mol. The van der Waals surface area contributed by atoms with Gasteiger partial charge in [-0.25, -0.2) is 0 Å². The van der Waals surface area contributed by atoms with Crippen LogP contribution in [0.5, 0.6) is 5.75 Å². The molecule has 3 heteroatoms. The van der Waals surface area contributed by atoms with Crippen LogP contribution in [0.4, 0.5) is 0 Å². The number of nitrogens with zero attached hydrogens (tertiary/aromatic N) is 1. The maximum absolute atomic E-state index is 5.32. The van der Waals surface area contributed by atoms with Crippen LogP contribution >= 0.6 is 0 Å². The first-order chi connectivity index (χ1) is 11.7. The molecule has 120 valence electrons. The van der Waals surface area contributed by atoms with Crippen molar-refractivity contribution in [3.8, 4) is 5.75 Å². The third-order valence-electron chi connectivity index (χ3n) is 4.73. The molecule has 1 N–H and O–H groups in total. The van der Waals surface area contributed by atoms with Crippen molar-refractivity contribution in [2.75, 3.05) is 7.11 Å². The third-order valence-corrected chi connectivity index (χ3v) is 4.73. The highest BCUT2D eigenvalue weighted by Gasteiger charge is 2.17. The standard InChI is InChI=1S/C21H20N2O/c1-13-10-18(16-6-4-5-7-20(16)23-13)14(2)19-12-22-21-11-15(24-3)8-9-17(19)21/h4-12,14,22H,1-3H3. The molecule has 4 aromatic rings. The van der Waals surface area contributed by atoms with E-state index in [4.69, 9.17) is 4.74 Å². The van der Waals surface area contributed by atoms with Gasteiger partial charge in [-0.1, -0.05) is 25.1 Å². The summed E-state index contributed by atoms with van der Waals surface area (Å²) in [6, 6.07) is 16.8. The molecule has 0 spiro atoms. The summed E-state index contributed by atoms with van der Waals surface area (Å²) in [5.74, 6) is 1.15. The number of H-pyrrole nitrogens is 1. The zero-order valence-electron chi connectivity index (χ0n) is 14.1. The van der Waals surface area contributed by atoms with E-state index in [1.54, 1.807) is 7.11 Å². The molecule has 0 amide bonds. The summed E-state index contributed by atoms with van der Waals surface area (Å²) in [5.41, 5.74) is 5.82. The predicted molar refractivity (Wildman–Crippen MR) is 98.8 cm³/mol. The van der Waals surface area contributed by atoms with Gasteiger partial charge >= 0.3 is 0 Å². The van der Waals surface area contributed by atoms with Crippen molar-refractivity contribution >= 4 is 21.8 Å². The molecular weight excluding hydrogens is 296 g/mol. The lowest BCUT2D eigenvalue weighted by Gasteiger charge is -2.15. The minimum absolute atomic E-state index is 0.277. The second-order valence-corrected chi connectivity index (χ2v) is 6.25. The van der Waals surface area contributed by atoms with Gasteiger partial charge in [0.15, 0.2) is 0 Å². The molecule has 1 atom stereocenters. The summed E-state index contributed by atoms with van der Waals surface area (Å²) in [5, 5.41) is 2.46. The van der Waals surface area contributed by atoms with E-state index in [1.807, 2.05) is 18.2 Å². The fourth-order valence-electron chi connectivity index (χ4n) is 3.48. The molecule has 2 heterocycles. The van der Waals surface area contributed by atoms with Crippen LogP contribution in [0.25, 0.3) is 21.8 Å². The Morgan fingerprint density at radius 3 is 2.67 bits per heavy atom. The molecule has 0 fully saturated rings. The van der Waals surface area contributed by atoms with Gasteiger partial charge in [-0.15, -0.1) is 0 Å². The summed E-state index contributed by atoms with van der Waals surface area (Å²) in [6.45, 7) is 4.32. The number of para-hydroxylation sites is 1. The molecule has 2 aromatic heterocycles. The van der Waals surface area contributed by atoms with Crippen LogP contribution in [-0.2, 0) is 0 Å². The Morgan fingerprint density at radius 1 is 1.00 bits per heavy atom. The van der Waals surface area contributed by atoms with Crippen molar-refractivity contribution in [2.45, 2.75) is 19.8 Å². The number of aromatic amines is 1. The van der Waals surface area contributed by atoms with Gasteiger partial charge in [0, 0.05) is 40.2 Å². The van der Waals surface area contributed by atoms with Gasteiger partial charge in [-0.3, -0.25) is 4.98 Å². The molecule has 0 aliphatic heterocycles. The maximum Gasteiger partial charge on any atom is 0.120 e. The number of methoxy groups -OCH3 is 1. The van der Waals surface area contributed by atoms with Crippen molar-refractivity contribution < 1.29 is 4.74 Å². The van der Waals surface area contributed by atoms with Crippen LogP contribution in [0, 0.1) is 6.92 Å². The zero-order chi connectivity index (χ0) is 16.7. The van der Waals surface area contributed by atoms with E-state index in [0.29, 0.717) is 0 Å². The van der Waals surface area contributed by atoms with Gasteiger partial charge in [0.1, 0.15) is 5.75 Å². The Labute approximate surface area is 141 Å². The number of ether oxygens (including phenoxy) is 1. The average Bonchev–Trinajstić information content (AvgIpc) is 3.03.